The van der Waals surface area contributed by atoms with E-state index in [0.717, 1.165) is 5.56 Å². The molecular formula is C23H34N6O4. The molecule has 2 rings (SSSR count). The molecule has 0 aliphatic carbocycles. The fourth-order valence-electron chi connectivity index (χ4n) is 3.56. The van der Waals surface area contributed by atoms with Crippen molar-refractivity contribution in [2.45, 2.75) is 72.7 Å². The molecule has 0 aliphatic rings. The second-order valence-corrected chi connectivity index (χ2v) is 8.97. The van der Waals surface area contributed by atoms with Crippen LogP contribution in [-0.2, 0) is 27.5 Å². The average molecular weight is 459 g/mol. The molecule has 33 heavy (non-hydrogen) atoms. The zero-order valence-corrected chi connectivity index (χ0v) is 20.0. The molecular weight excluding hydrogens is 424 g/mol. The van der Waals surface area contributed by atoms with E-state index >= 15 is 0 Å². The smallest absolute Gasteiger partial charge is 0.411 e. The summed E-state index contributed by atoms with van der Waals surface area (Å²) < 4.78 is 5.55. The number of aryl methyl sites for hydroxylation is 1. The zero-order chi connectivity index (χ0) is 24.5. The van der Waals surface area contributed by atoms with Gasteiger partial charge in [-0.2, -0.15) is 4.80 Å². The number of hydrogen-bond acceptors (Lipinski definition) is 7. The van der Waals surface area contributed by atoms with Gasteiger partial charge in [-0.1, -0.05) is 58.0 Å². The number of amides is 2. The fourth-order valence-corrected chi connectivity index (χ4v) is 3.56. The van der Waals surface area contributed by atoms with Crippen molar-refractivity contribution in [2.24, 2.45) is 17.6 Å². The Morgan fingerprint density at radius 3 is 2.15 bits per heavy atom. The SMILES string of the molecule is Cc1nnn(CC(=O)C(CC(C)C)N(C(=O)OCc2ccccc2)[C@@H](CC(C)C)C(N)=O)n1. The maximum absolute atomic E-state index is 13.4. The number of nitrogens with two attached hydrogens (primary N) is 1. The summed E-state index contributed by atoms with van der Waals surface area (Å²) in [7, 11) is 0. The minimum Gasteiger partial charge on any atom is -0.445 e. The van der Waals surface area contributed by atoms with Crippen molar-refractivity contribution in [1.29, 1.82) is 0 Å². The Hall–Kier alpha value is -3.30. The van der Waals surface area contributed by atoms with Gasteiger partial charge >= 0.3 is 6.09 Å². The van der Waals surface area contributed by atoms with E-state index in [2.05, 4.69) is 15.4 Å². The molecule has 2 aromatic rings. The van der Waals surface area contributed by atoms with Crippen LogP contribution in [0.5, 0.6) is 0 Å². The van der Waals surface area contributed by atoms with E-state index in [9.17, 15) is 14.4 Å². The number of Topliss-reactive ketones (excluding diaryl/α,β-unsaturated/α-hetero) is 1. The Morgan fingerprint density at radius 1 is 1.03 bits per heavy atom. The van der Waals surface area contributed by atoms with Crippen LogP contribution in [0.2, 0.25) is 0 Å². The number of rotatable bonds is 12. The van der Waals surface area contributed by atoms with Crippen molar-refractivity contribution in [1.82, 2.24) is 25.1 Å². The Balaban J connectivity index is 2.38. The first-order chi connectivity index (χ1) is 15.6. The van der Waals surface area contributed by atoms with Gasteiger partial charge in [0.1, 0.15) is 19.2 Å². The highest BCUT2D eigenvalue weighted by atomic mass is 16.6. The number of tetrazole rings is 1. The van der Waals surface area contributed by atoms with Crippen LogP contribution < -0.4 is 5.73 Å². The van der Waals surface area contributed by atoms with Gasteiger partial charge in [-0.25, -0.2) is 4.79 Å². The highest BCUT2D eigenvalue weighted by molar-refractivity contribution is 5.91. The van der Waals surface area contributed by atoms with Gasteiger partial charge in [0.15, 0.2) is 11.6 Å². The lowest BCUT2D eigenvalue weighted by Crippen LogP contribution is -2.56. The van der Waals surface area contributed by atoms with Crippen LogP contribution >= 0.6 is 0 Å². The Kier molecular flexibility index (Phi) is 9.50. The number of hydrogen-bond donors (Lipinski definition) is 1. The fraction of sp³-hybridized carbons (Fsp3) is 0.565. The second kappa shape index (κ2) is 12.1. The third kappa shape index (κ3) is 7.96. The first-order valence-electron chi connectivity index (χ1n) is 11.1. The van der Waals surface area contributed by atoms with Gasteiger partial charge in [0.2, 0.25) is 5.91 Å². The molecule has 1 aromatic carbocycles. The van der Waals surface area contributed by atoms with E-state index in [1.807, 2.05) is 58.0 Å². The van der Waals surface area contributed by atoms with Crippen molar-refractivity contribution in [3.63, 3.8) is 0 Å². The zero-order valence-electron chi connectivity index (χ0n) is 20.0. The van der Waals surface area contributed by atoms with E-state index < -0.39 is 24.1 Å². The minimum atomic E-state index is -0.994. The Morgan fingerprint density at radius 2 is 1.64 bits per heavy atom. The van der Waals surface area contributed by atoms with Crippen LogP contribution in [0.1, 0.15) is 51.9 Å². The molecule has 10 nitrogen and oxygen atoms in total. The molecule has 0 aliphatic heterocycles. The number of carbonyl (C=O) groups excluding carboxylic acids is 3. The van der Waals surface area contributed by atoms with Gasteiger partial charge in [-0.3, -0.25) is 14.5 Å². The monoisotopic (exact) mass is 458 g/mol. The van der Waals surface area contributed by atoms with Gasteiger partial charge in [-0.05, 0) is 42.4 Å². The van der Waals surface area contributed by atoms with Crippen molar-refractivity contribution < 1.29 is 19.1 Å². The van der Waals surface area contributed by atoms with Gasteiger partial charge < -0.3 is 10.5 Å². The van der Waals surface area contributed by atoms with Crippen molar-refractivity contribution in [2.75, 3.05) is 0 Å². The van der Waals surface area contributed by atoms with Crippen LogP contribution in [0.25, 0.3) is 0 Å². The summed E-state index contributed by atoms with van der Waals surface area (Å²) in [4.78, 5) is 41.5. The van der Waals surface area contributed by atoms with Gasteiger partial charge in [-0.15, -0.1) is 10.2 Å². The maximum atomic E-state index is 13.4. The van der Waals surface area contributed by atoms with Gasteiger partial charge in [0.05, 0.1) is 6.04 Å². The highest BCUT2D eigenvalue weighted by Crippen LogP contribution is 2.22. The van der Waals surface area contributed by atoms with Crippen molar-refractivity contribution >= 4 is 17.8 Å². The summed E-state index contributed by atoms with van der Waals surface area (Å²) in [5, 5.41) is 11.7. The highest BCUT2D eigenvalue weighted by Gasteiger charge is 2.39. The maximum Gasteiger partial charge on any atom is 0.411 e. The summed E-state index contributed by atoms with van der Waals surface area (Å²) in [6, 6.07) is 7.26. The van der Waals surface area contributed by atoms with E-state index in [1.165, 1.54) is 9.70 Å². The summed E-state index contributed by atoms with van der Waals surface area (Å²) in [6.07, 6.45) is -0.127. The van der Waals surface area contributed by atoms with E-state index in [0.29, 0.717) is 18.7 Å². The molecule has 1 aromatic heterocycles. The molecule has 0 saturated carbocycles. The molecule has 0 fully saturated rings. The molecule has 2 atom stereocenters. The molecule has 180 valence electrons. The van der Waals surface area contributed by atoms with Crippen LogP contribution in [0.4, 0.5) is 4.79 Å². The normalized spacial score (nSPS) is 13.1. The van der Waals surface area contributed by atoms with E-state index in [1.54, 1.807) is 6.92 Å². The van der Waals surface area contributed by atoms with Gasteiger partial charge in [0, 0.05) is 0 Å². The third-order valence-corrected chi connectivity index (χ3v) is 5.03. The lowest BCUT2D eigenvalue weighted by Gasteiger charge is -2.36. The number of ketones is 1. The Labute approximate surface area is 194 Å². The lowest BCUT2D eigenvalue weighted by atomic mass is 9.94. The van der Waals surface area contributed by atoms with Crippen LogP contribution in [0.15, 0.2) is 30.3 Å². The second-order valence-electron chi connectivity index (χ2n) is 8.97. The number of ether oxygens (including phenoxy) is 1. The summed E-state index contributed by atoms with van der Waals surface area (Å²) in [6.45, 7) is 9.21. The number of aromatic nitrogens is 4. The molecule has 2 amide bonds. The molecule has 0 bridgehead atoms. The quantitative estimate of drug-likeness (QED) is 0.516. The Bertz CT molecular complexity index is 928. The number of primary amides is 1. The molecule has 2 N–H and O–H groups in total. The van der Waals surface area contributed by atoms with Crippen LogP contribution in [-0.4, -0.2) is 55.0 Å². The van der Waals surface area contributed by atoms with Crippen molar-refractivity contribution in [3.8, 4) is 0 Å². The number of benzene rings is 1. The van der Waals surface area contributed by atoms with Gasteiger partial charge in [0.25, 0.3) is 0 Å². The third-order valence-electron chi connectivity index (χ3n) is 5.03. The summed E-state index contributed by atoms with van der Waals surface area (Å²) >= 11 is 0. The summed E-state index contributed by atoms with van der Waals surface area (Å²) in [5.74, 6) is -0.468. The molecule has 0 spiro atoms. The van der Waals surface area contributed by atoms with Crippen LogP contribution in [0, 0.1) is 18.8 Å². The predicted molar refractivity (Wildman–Crippen MR) is 122 cm³/mol. The molecule has 1 heterocycles. The average Bonchev–Trinajstić information content (AvgIpc) is 3.15. The largest absolute Gasteiger partial charge is 0.445 e. The molecule has 0 saturated heterocycles. The minimum absolute atomic E-state index is 0.00967. The number of carbonyl (C=O) groups is 3. The topological polar surface area (TPSA) is 133 Å². The molecule has 10 heteroatoms. The van der Waals surface area contributed by atoms with Crippen LogP contribution in [0.3, 0.4) is 0 Å². The number of nitrogens with zero attached hydrogens (tertiary/aromatic N) is 5. The lowest BCUT2D eigenvalue weighted by molar-refractivity contribution is -0.130. The van der Waals surface area contributed by atoms with Crippen molar-refractivity contribution in [3.05, 3.63) is 41.7 Å². The molecule has 0 radical (unpaired) electrons. The first-order valence-corrected chi connectivity index (χ1v) is 11.1. The standard InChI is InChI=1S/C23H34N6O4/c1-15(2)11-19(21(30)13-28-26-17(5)25-27-28)29(20(22(24)31)12-16(3)4)23(32)33-14-18-9-7-6-8-10-18/h6-10,15-16,19-20H,11-14H2,1-5H3,(H2,24,31)/t19?,20-/m0/s1. The first kappa shape index (κ1) is 26.0. The summed E-state index contributed by atoms with van der Waals surface area (Å²) in [5.41, 5.74) is 6.51. The van der Waals surface area contributed by atoms with E-state index in [4.69, 9.17) is 10.5 Å². The predicted octanol–water partition coefficient (Wildman–Crippen LogP) is 2.50. The van der Waals surface area contributed by atoms with E-state index in [-0.39, 0.29) is 30.8 Å². The molecule has 1 unspecified atom stereocenters.